The zero-order chi connectivity index (χ0) is 15.3. The Balaban J connectivity index is 1.64. The predicted molar refractivity (Wildman–Crippen MR) is 81.9 cm³/mol. The first-order valence-electron chi connectivity index (χ1n) is 8.03. The molecule has 6 heteroatoms. The van der Waals surface area contributed by atoms with Gasteiger partial charge in [-0.2, -0.15) is 0 Å². The summed E-state index contributed by atoms with van der Waals surface area (Å²) in [5, 5.41) is 9.21. The van der Waals surface area contributed by atoms with Gasteiger partial charge in [0.25, 0.3) is 0 Å². The van der Waals surface area contributed by atoms with E-state index in [1.807, 2.05) is 13.8 Å². The van der Waals surface area contributed by atoms with Crippen LogP contribution in [-0.2, 0) is 9.59 Å². The van der Waals surface area contributed by atoms with E-state index in [0.717, 1.165) is 39.0 Å². The predicted octanol–water partition coefficient (Wildman–Crippen LogP) is -0.155. The number of carbonyl (C=O) groups is 2. The summed E-state index contributed by atoms with van der Waals surface area (Å²) in [6.45, 7) is 8.14. The molecule has 0 bridgehead atoms. The molecule has 21 heavy (non-hydrogen) atoms. The average molecular weight is 296 g/mol. The lowest BCUT2D eigenvalue weighted by atomic mass is 10.0. The minimum Gasteiger partial charge on any atom is -0.354 e. The summed E-state index contributed by atoms with van der Waals surface area (Å²) in [5.74, 6) is 0.153. The summed E-state index contributed by atoms with van der Waals surface area (Å²) in [7, 11) is 0. The van der Waals surface area contributed by atoms with E-state index in [2.05, 4.69) is 20.9 Å². The van der Waals surface area contributed by atoms with Crippen molar-refractivity contribution in [2.45, 2.75) is 51.1 Å². The van der Waals surface area contributed by atoms with Crippen molar-refractivity contribution in [1.29, 1.82) is 0 Å². The first-order chi connectivity index (χ1) is 10.00. The SMILES string of the molecule is CC(C)(C(=O)NCCCC(=O)NC1CC1)N1CCNCC1. The molecule has 2 amide bonds. The highest BCUT2D eigenvalue weighted by atomic mass is 16.2. The van der Waals surface area contributed by atoms with E-state index in [1.54, 1.807) is 0 Å². The monoisotopic (exact) mass is 296 g/mol. The van der Waals surface area contributed by atoms with Crippen molar-refractivity contribution in [2.75, 3.05) is 32.7 Å². The van der Waals surface area contributed by atoms with Crippen molar-refractivity contribution in [2.24, 2.45) is 0 Å². The third-order valence-corrected chi connectivity index (χ3v) is 4.27. The highest BCUT2D eigenvalue weighted by molar-refractivity contribution is 5.85. The first-order valence-corrected chi connectivity index (χ1v) is 8.03. The number of nitrogens with zero attached hydrogens (tertiary/aromatic N) is 1. The summed E-state index contributed by atoms with van der Waals surface area (Å²) in [5.41, 5.74) is -0.488. The van der Waals surface area contributed by atoms with E-state index < -0.39 is 5.54 Å². The Bertz CT molecular complexity index is 374. The number of amides is 2. The van der Waals surface area contributed by atoms with Gasteiger partial charge in [0.1, 0.15) is 0 Å². The third-order valence-electron chi connectivity index (χ3n) is 4.27. The third kappa shape index (κ3) is 4.97. The molecular weight excluding hydrogens is 268 g/mol. The Kier molecular flexibility index (Phi) is 5.58. The van der Waals surface area contributed by atoms with E-state index >= 15 is 0 Å². The number of hydrogen-bond acceptors (Lipinski definition) is 4. The summed E-state index contributed by atoms with van der Waals surface area (Å²) in [4.78, 5) is 26.1. The van der Waals surface area contributed by atoms with E-state index in [9.17, 15) is 9.59 Å². The van der Waals surface area contributed by atoms with Crippen LogP contribution in [0.3, 0.4) is 0 Å². The number of hydrogen-bond donors (Lipinski definition) is 3. The number of piperazine rings is 1. The molecule has 2 aliphatic rings. The molecule has 0 spiro atoms. The van der Waals surface area contributed by atoms with Crippen LogP contribution >= 0.6 is 0 Å². The van der Waals surface area contributed by atoms with Crippen molar-refractivity contribution in [3.05, 3.63) is 0 Å². The molecule has 6 nitrogen and oxygen atoms in total. The largest absolute Gasteiger partial charge is 0.354 e. The topological polar surface area (TPSA) is 73.5 Å². The lowest BCUT2D eigenvalue weighted by Gasteiger charge is -2.39. The normalized spacial score (nSPS) is 20.1. The molecule has 2 fully saturated rings. The van der Waals surface area contributed by atoms with E-state index in [-0.39, 0.29) is 11.8 Å². The van der Waals surface area contributed by atoms with Gasteiger partial charge in [-0.25, -0.2) is 0 Å². The van der Waals surface area contributed by atoms with Crippen LogP contribution in [0.15, 0.2) is 0 Å². The van der Waals surface area contributed by atoms with Crippen LogP contribution in [0.2, 0.25) is 0 Å². The van der Waals surface area contributed by atoms with Gasteiger partial charge >= 0.3 is 0 Å². The van der Waals surface area contributed by atoms with E-state index in [1.165, 1.54) is 0 Å². The van der Waals surface area contributed by atoms with Crippen molar-refractivity contribution in [3.63, 3.8) is 0 Å². The highest BCUT2D eigenvalue weighted by Gasteiger charge is 2.34. The molecule has 1 aliphatic carbocycles. The first kappa shape index (κ1) is 16.2. The Morgan fingerprint density at radius 2 is 1.90 bits per heavy atom. The number of carbonyl (C=O) groups excluding carboxylic acids is 2. The van der Waals surface area contributed by atoms with E-state index in [0.29, 0.717) is 25.4 Å². The molecule has 0 radical (unpaired) electrons. The molecule has 0 aromatic carbocycles. The maximum atomic E-state index is 12.3. The molecule has 3 N–H and O–H groups in total. The Labute approximate surface area is 127 Å². The van der Waals surface area contributed by atoms with Gasteiger partial charge in [0.2, 0.25) is 11.8 Å². The molecule has 1 aliphatic heterocycles. The molecule has 1 saturated carbocycles. The summed E-state index contributed by atoms with van der Waals surface area (Å²) in [6.07, 6.45) is 3.41. The van der Waals surface area contributed by atoms with Crippen LogP contribution in [0.5, 0.6) is 0 Å². The summed E-state index contributed by atoms with van der Waals surface area (Å²) >= 11 is 0. The molecular formula is C15H28N4O2. The molecule has 0 atom stereocenters. The number of rotatable bonds is 7. The quantitative estimate of drug-likeness (QED) is 0.571. The average Bonchev–Trinajstić information content (AvgIpc) is 3.28. The standard InChI is InChI=1S/C15H28N4O2/c1-15(2,19-10-8-16-9-11-19)14(21)17-7-3-4-13(20)18-12-5-6-12/h12,16H,3-11H2,1-2H3,(H,17,21)(H,18,20). The van der Waals surface area contributed by atoms with Gasteiger partial charge in [0.15, 0.2) is 0 Å². The number of nitrogens with one attached hydrogen (secondary N) is 3. The molecule has 0 unspecified atom stereocenters. The van der Waals surface area contributed by atoms with Gasteiger partial charge in [0, 0.05) is 45.2 Å². The van der Waals surface area contributed by atoms with Crippen LogP contribution in [0, 0.1) is 0 Å². The smallest absolute Gasteiger partial charge is 0.239 e. The maximum Gasteiger partial charge on any atom is 0.239 e. The molecule has 120 valence electrons. The van der Waals surface area contributed by atoms with Crippen molar-refractivity contribution in [1.82, 2.24) is 20.9 Å². The second-order valence-electron chi connectivity index (χ2n) is 6.50. The second-order valence-corrected chi connectivity index (χ2v) is 6.50. The van der Waals surface area contributed by atoms with Gasteiger partial charge in [0.05, 0.1) is 5.54 Å². The fraction of sp³-hybridized carbons (Fsp3) is 0.867. The van der Waals surface area contributed by atoms with Gasteiger partial charge < -0.3 is 16.0 Å². The maximum absolute atomic E-state index is 12.3. The lowest BCUT2D eigenvalue weighted by Crippen LogP contribution is -2.60. The molecule has 0 aromatic heterocycles. The summed E-state index contributed by atoms with van der Waals surface area (Å²) < 4.78 is 0. The second kappa shape index (κ2) is 7.22. The molecule has 0 aromatic rings. The highest BCUT2D eigenvalue weighted by Crippen LogP contribution is 2.18. The molecule has 1 saturated heterocycles. The fourth-order valence-corrected chi connectivity index (χ4v) is 2.56. The van der Waals surface area contributed by atoms with Gasteiger partial charge in [-0.05, 0) is 33.1 Å². The fourth-order valence-electron chi connectivity index (χ4n) is 2.56. The van der Waals surface area contributed by atoms with Crippen LogP contribution in [0.25, 0.3) is 0 Å². The minimum atomic E-state index is -0.488. The van der Waals surface area contributed by atoms with Crippen molar-refractivity contribution >= 4 is 11.8 Å². The lowest BCUT2D eigenvalue weighted by molar-refractivity contribution is -0.132. The Morgan fingerprint density at radius 3 is 2.52 bits per heavy atom. The van der Waals surface area contributed by atoms with Crippen LogP contribution in [0.1, 0.15) is 39.5 Å². The Hall–Kier alpha value is -1.14. The summed E-state index contributed by atoms with van der Waals surface area (Å²) in [6, 6.07) is 0.415. The van der Waals surface area contributed by atoms with Crippen LogP contribution in [0.4, 0.5) is 0 Å². The Morgan fingerprint density at radius 1 is 1.24 bits per heavy atom. The molecule has 2 rings (SSSR count). The van der Waals surface area contributed by atoms with Gasteiger partial charge in [-0.1, -0.05) is 0 Å². The van der Waals surface area contributed by atoms with Crippen LogP contribution < -0.4 is 16.0 Å². The van der Waals surface area contributed by atoms with Crippen molar-refractivity contribution in [3.8, 4) is 0 Å². The zero-order valence-corrected chi connectivity index (χ0v) is 13.2. The van der Waals surface area contributed by atoms with Crippen LogP contribution in [-0.4, -0.2) is 61.0 Å². The van der Waals surface area contributed by atoms with Gasteiger partial charge in [-0.3, -0.25) is 14.5 Å². The van der Waals surface area contributed by atoms with Crippen molar-refractivity contribution < 1.29 is 9.59 Å². The minimum absolute atomic E-state index is 0.0481. The molecule has 1 heterocycles. The zero-order valence-electron chi connectivity index (χ0n) is 13.2. The van der Waals surface area contributed by atoms with E-state index in [4.69, 9.17) is 0 Å². The van der Waals surface area contributed by atoms with Gasteiger partial charge in [-0.15, -0.1) is 0 Å².